The molecule has 0 aliphatic carbocycles. The molecule has 1 fully saturated rings. The highest BCUT2D eigenvalue weighted by atomic mass is 19.3. The third-order valence-electron chi connectivity index (χ3n) is 4.02. The number of nitrogens with zero attached hydrogens (tertiary/aromatic N) is 1. The van der Waals surface area contributed by atoms with Crippen molar-refractivity contribution in [3.05, 3.63) is 35.9 Å². The van der Waals surface area contributed by atoms with Crippen molar-refractivity contribution in [3.8, 4) is 0 Å². The highest BCUT2D eigenvalue weighted by Gasteiger charge is 2.61. The van der Waals surface area contributed by atoms with Crippen LogP contribution in [0.25, 0.3) is 0 Å². The number of ether oxygens (including phenoxy) is 2. The Morgan fingerprint density at radius 1 is 0.963 bits per heavy atom. The van der Waals surface area contributed by atoms with Gasteiger partial charge in [0.1, 0.15) is 11.2 Å². The van der Waals surface area contributed by atoms with Crippen molar-refractivity contribution >= 4 is 12.1 Å². The van der Waals surface area contributed by atoms with Crippen molar-refractivity contribution in [3.63, 3.8) is 0 Å². The summed E-state index contributed by atoms with van der Waals surface area (Å²) in [5.41, 5.74) is -1.27. The average molecular weight is 383 g/mol. The predicted octanol–water partition coefficient (Wildman–Crippen LogP) is 4.57. The van der Waals surface area contributed by atoms with E-state index in [1.165, 1.54) is 25.7 Å². The average Bonchev–Trinajstić information content (AvgIpc) is 2.43. The lowest BCUT2D eigenvalue weighted by atomic mass is 9.79. The Hall–Kier alpha value is -2.18. The number of likely N-dealkylation sites (tertiary alicyclic amines) is 1. The van der Waals surface area contributed by atoms with Crippen LogP contribution in [0, 0.1) is 5.92 Å². The largest absolute Gasteiger partial charge is 0.456 e. The molecule has 150 valence electrons. The third-order valence-corrected chi connectivity index (χ3v) is 4.02. The molecule has 27 heavy (non-hydrogen) atoms. The number of carbonyl (C=O) groups excluding carboxylic acids is 2. The molecule has 1 aromatic rings. The number of alkyl halides is 2. The highest BCUT2D eigenvalue weighted by molar-refractivity contribution is 5.80. The Kier molecular flexibility index (Phi) is 5.55. The normalized spacial score (nSPS) is 20.7. The molecule has 1 aromatic carbocycles. The molecule has 1 aliphatic heterocycles. The van der Waals surface area contributed by atoms with E-state index in [0.29, 0.717) is 5.56 Å². The Morgan fingerprint density at radius 2 is 1.48 bits per heavy atom. The summed E-state index contributed by atoms with van der Waals surface area (Å²) in [5.74, 6) is -6.70. The zero-order valence-corrected chi connectivity index (χ0v) is 16.6. The van der Waals surface area contributed by atoms with Crippen LogP contribution in [0.3, 0.4) is 0 Å². The van der Waals surface area contributed by atoms with E-state index in [1.54, 1.807) is 51.1 Å². The van der Waals surface area contributed by atoms with Gasteiger partial charge in [0.25, 0.3) is 0 Å². The van der Waals surface area contributed by atoms with Crippen LogP contribution in [0.4, 0.5) is 13.6 Å². The monoisotopic (exact) mass is 383 g/mol. The number of hydrogen-bond acceptors (Lipinski definition) is 4. The van der Waals surface area contributed by atoms with Gasteiger partial charge in [0.2, 0.25) is 0 Å². The molecule has 0 radical (unpaired) electrons. The van der Waals surface area contributed by atoms with Gasteiger partial charge in [0.05, 0.1) is 12.0 Å². The minimum absolute atomic E-state index is 0.291. The molecule has 1 heterocycles. The van der Waals surface area contributed by atoms with E-state index in [9.17, 15) is 18.4 Å². The minimum Gasteiger partial charge on any atom is -0.456 e. The summed E-state index contributed by atoms with van der Waals surface area (Å²) in [4.78, 5) is 25.8. The number of rotatable bonds is 3. The van der Waals surface area contributed by atoms with Crippen molar-refractivity contribution in [2.45, 2.75) is 64.7 Å². The summed E-state index contributed by atoms with van der Waals surface area (Å²) in [6, 6.07) is 7.48. The van der Waals surface area contributed by atoms with Gasteiger partial charge in [-0.05, 0) is 47.1 Å². The molecule has 0 N–H and O–H groups in total. The van der Waals surface area contributed by atoms with Gasteiger partial charge < -0.3 is 9.47 Å². The first-order valence-electron chi connectivity index (χ1n) is 8.88. The maximum Gasteiger partial charge on any atom is 0.410 e. The molecule has 7 heteroatoms. The number of benzene rings is 1. The fraction of sp³-hybridized carbons (Fsp3) is 0.600. The molecule has 2 atom stereocenters. The summed E-state index contributed by atoms with van der Waals surface area (Å²) in [6.45, 7) is 9.41. The maximum absolute atomic E-state index is 14.8. The molecule has 0 bridgehead atoms. The number of amides is 1. The number of esters is 1. The lowest BCUT2D eigenvalue weighted by Crippen LogP contribution is -2.62. The summed E-state index contributed by atoms with van der Waals surface area (Å²) in [6.07, 6.45) is -0.687. The lowest BCUT2D eigenvalue weighted by molar-refractivity contribution is -0.208. The van der Waals surface area contributed by atoms with Gasteiger partial charge in [0.15, 0.2) is 0 Å². The molecule has 0 saturated carbocycles. The van der Waals surface area contributed by atoms with Crippen LogP contribution >= 0.6 is 0 Å². The molecule has 0 aromatic heterocycles. The van der Waals surface area contributed by atoms with E-state index in [-0.39, 0.29) is 6.54 Å². The molecule has 2 rings (SSSR count). The number of carbonyl (C=O) groups is 2. The van der Waals surface area contributed by atoms with Gasteiger partial charge >= 0.3 is 18.0 Å². The first kappa shape index (κ1) is 21.1. The molecular weight excluding hydrogens is 356 g/mol. The van der Waals surface area contributed by atoms with E-state index in [1.807, 2.05) is 0 Å². The first-order chi connectivity index (χ1) is 12.2. The molecular formula is C20H27F2NO4. The topological polar surface area (TPSA) is 55.8 Å². The van der Waals surface area contributed by atoms with Crippen molar-refractivity contribution in [2.75, 3.05) is 6.54 Å². The van der Waals surface area contributed by atoms with E-state index < -0.39 is 41.1 Å². The second-order valence-corrected chi connectivity index (χ2v) is 8.72. The van der Waals surface area contributed by atoms with Gasteiger partial charge in [0, 0.05) is 6.54 Å². The van der Waals surface area contributed by atoms with Crippen LogP contribution in [0.2, 0.25) is 0 Å². The molecule has 0 spiro atoms. The SMILES string of the molecule is CC(C)(C)OC(=O)N1CC(C(F)(F)C(=O)OC(C)(C)C)C1c1ccccc1. The van der Waals surface area contributed by atoms with Crippen LogP contribution in [0.15, 0.2) is 30.3 Å². The summed E-state index contributed by atoms with van der Waals surface area (Å²) >= 11 is 0. The van der Waals surface area contributed by atoms with Gasteiger partial charge in [-0.3, -0.25) is 4.90 Å². The van der Waals surface area contributed by atoms with Crippen LogP contribution < -0.4 is 0 Å². The van der Waals surface area contributed by atoms with Gasteiger partial charge in [-0.2, -0.15) is 8.78 Å². The molecule has 2 unspecified atom stereocenters. The van der Waals surface area contributed by atoms with Crippen molar-refractivity contribution in [1.29, 1.82) is 0 Å². The molecule has 5 nitrogen and oxygen atoms in total. The molecule has 1 amide bonds. The fourth-order valence-electron chi connectivity index (χ4n) is 2.89. The van der Waals surface area contributed by atoms with E-state index in [2.05, 4.69) is 0 Å². The minimum atomic E-state index is -3.73. The van der Waals surface area contributed by atoms with E-state index >= 15 is 0 Å². The van der Waals surface area contributed by atoms with Gasteiger partial charge in [-0.25, -0.2) is 9.59 Å². The quantitative estimate of drug-likeness (QED) is 0.718. The molecule has 1 aliphatic rings. The smallest absolute Gasteiger partial charge is 0.410 e. The van der Waals surface area contributed by atoms with E-state index in [0.717, 1.165) is 0 Å². The van der Waals surface area contributed by atoms with Crippen LogP contribution in [-0.4, -0.2) is 40.6 Å². The maximum atomic E-state index is 14.8. The molecule has 1 saturated heterocycles. The summed E-state index contributed by atoms with van der Waals surface area (Å²) in [7, 11) is 0. The lowest BCUT2D eigenvalue weighted by Gasteiger charge is -2.50. The van der Waals surface area contributed by atoms with Gasteiger partial charge in [-0.15, -0.1) is 0 Å². The summed E-state index contributed by atoms with van der Waals surface area (Å²) in [5, 5.41) is 0. The van der Waals surface area contributed by atoms with Crippen LogP contribution in [-0.2, 0) is 14.3 Å². The Balaban J connectivity index is 2.29. The van der Waals surface area contributed by atoms with E-state index in [4.69, 9.17) is 9.47 Å². The Morgan fingerprint density at radius 3 is 1.96 bits per heavy atom. The van der Waals surface area contributed by atoms with Crippen molar-refractivity contribution in [1.82, 2.24) is 4.90 Å². The number of hydrogen-bond donors (Lipinski definition) is 0. The zero-order valence-electron chi connectivity index (χ0n) is 16.6. The predicted molar refractivity (Wildman–Crippen MR) is 96.4 cm³/mol. The van der Waals surface area contributed by atoms with Crippen LogP contribution in [0.5, 0.6) is 0 Å². The Labute approximate surface area is 158 Å². The number of halogens is 2. The van der Waals surface area contributed by atoms with Gasteiger partial charge in [-0.1, -0.05) is 30.3 Å². The summed E-state index contributed by atoms with van der Waals surface area (Å²) < 4.78 is 39.9. The third kappa shape index (κ3) is 4.96. The fourth-order valence-corrected chi connectivity index (χ4v) is 2.89. The van der Waals surface area contributed by atoms with Crippen LogP contribution in [0.1, 0.15) is 53.1 Å². The second-order valence-electron chi connectivity index (χ2n) is 8.72. The standard InChI is InChI=1S/C20H27F2NO4/c1-18(2,3)26-16(24)20(21,22)14-12-23(17(25)27-19(4,5)6)15(14)13-10-8-7-9-11-13/h7-11,14-15H,12H2,1-6H3. The Bertz CT molecular complexity index is 692. The highest BCUT2D eigenvalue weighted by Crippen LogP contribution is 2.48. The first-order valence-corrected chi connectivity index (χ1v) is 8.88. The second kappa shape index (κ2) is 7.09. The zero-order chi connectivity index (χ0) is 20.6. The van der Waals surface area contributed by atoms with Crippen molar-refractivity contribution < 1.29 is 27.8 Å². The van der Waals surface area contributed by atoms with Crippen molar-refractivity contribution in [2.24, 2.45) is 5.92 Å².